The lowest BCUT2D eigenvalue weighted by Gasteiger charge is -2.10. The van der Waals surface area contributed by atoms with Gasteiger partial charge in [-0.25, -0.2) is 8.78 Å². The third-order valence-corrected chi connectivity index (χ3v) is 1.91. The molecular formula is C10H12F2N2O2. The molecule has 1 unspecified atom stereocenters. The Morgan fingerprint density at radius 1 is 1.50 bits per heavy atom. The Morgan fingerprint density at radius 3 is 2.75 bits per heavy atom. The van der Waals surface area contributed by atoms with Crippen LogP contribution < -0.4 is 11.1 Å². The Balaban J connectivity index is 2.53. The van der Waals surface area contributed by atoms with Crippen molar-refractivity contribution in [2.45, 2.75) is 12.5 Å². The Morgan fingerprint density at radius 2 is 2.19 bits per heavy atom. The van der Waals surface area contributed by atoms with Crippen LogP contribution in [0.25, 0.3) is 0 Å². The van der Waals surface area contributed by atoms with E-state index in [0.717, 1.165) is 0 Å². The maximum atomic E-state index is 11.9. The van der Waals surface area contributed by atoms with Crippen LogP contribution in [0.1, 0.15) is 10.4 Å². The van der Waals surface area contributed by atoms with Gasteiger partial charge in [0.15, 0.2) is 0 Å². The highest BCUT2D eigenvalue weighted by atomic mass is 19.3. The molecule has 0 saturated heterocycles. The number of nitrogen functional groups attached to an aromatic ring is 1. The maximum Gasteiger partial charge on any atom is 0.265 e. The van der Waals surface area contributed by atoms with E-state index < -0.39 is 25.0 Å². The van der Waals surface area contributed by atoms with E-state index in [1.165, 1.54) is 12.1 Å². The highest BCUT2D eigenvalue weighted by Crippen LogP contribution is 2.06. The number of benzene rings is 1. The second-order valence-electron chi connectivity index (χ2n) is 3.24. The van der Waals surface area contributed by atoms with Crippen LogP contribution in [0.4, 0.5) is 14.5 Å². The molecule has 1 aromatic carbocycles. The number of nitrogens with one attached hydrogen (secondary N) is 1. The summed E-state index contributed by atoms with van der Waals surface area (Å²) in [6.07, 6.45) is -4.73. The molecule has 6 heteroatoms. The van der Waals surface area contributed by atoms with E-state index in [1.54, 1.807) is 12.1 Å². The van der Waals surface area contributed by atoms with Gasteiger partial charge < -0.3 is 16.2 Å². The number of carbonyl (C=O) groups excluding carboxylic acids is 1. The first-order valence-electron chi connectivity index (χ1n) is 4.60. The number of aliphatic hydroxyl groups is 1. The number of aliphatic hydroxyl groups excluding tert-OH is 1. The third-order valence-electron chi connectivity index (χ3n) is 1.91. The van der Waals surface area contributed by atoms with Gasteiger partial charge in [0.1, 0.15) is 6.10 Å². The van der Waals surface area contributed by atoms with Gasteiger partial charge in [-0.05, 0) is 18.2 Å². The summed E-state index contributed by atoms with van der Waals surface area (Å²) < 4.78 is 23.8. The molecule has 0 aliphatic carbocycles. The van der Waals surface area contributed by atoms with E-state index in [1.807, 2.05) is 0 Å². The summed E-state index contributed by atoms with van der Waals surface area (Å²) in [5, 5.41) is 11.0. The Labute approximate surface area is 91.1 Å². The zero-order chi connectivity index (χ0) is 12.1. The summed E-state index contributed by atoms with van der Waals surface area (Å²) >= 11 is 0. The summed E-state index contributed by atoms with van der Waals surface area (Å²) in [7, 11) is 0. The van der Waals surface area contributed by atoms with Crippen LogP contribution in [0.2, 0.25) is 0 Å². The molecule has 0 aliphatic heterocycles. The number of carbonyl (C=O) groups is 1. The highest BCUT2D eigenvalue weighted by molar-refractivity contribution is 5.94. The van der Waals surface area contributed by atoms with E-state index in [2.05, 4.69) is 5.32 Å². The molecule has 4 N–H and O–H groups in total. The van der Waals surface area contributed by atoms with Crippen molar-refractivity contribution >= 4 is 11.6 Å². The lowest BCUT2D eigenvalue weighted by molar-refractivity contribution is -0.00270. The number of hydrogen-bond acceptors (Lipinski definition) is 3. The minimum atomic E-state index is -2.87. The molecule has 0 bridgehead atoms. The number of amides is 1. The number of nitrogens with two attached hydrogens (primary N) is 1. The molecule has 88 valence electrons. The van der Waals surface area contributed by atoms with Crippen LogP contribution in [0.3, 0.4) is 0 Å². The molecule has 0 radical (unpaired) electrons. The number of alkyl halides is 2. The van der Waals surface area contributed by atoms with Crippen LogP contribution in [-0.2, 0) is 0 Å². The van der Waals surface area contributed by atoms with Crippen molar-refractivity contribution in [1.82, 2.24) is 5.32 Å². The molecule has 4 nitrogen and oxygen atoms in total. The molecule has 0 heterocycles. The normalized spacial score (nSPS) is 12.5. The summed E-state index contributed by atoms with van der Waals surface area (Å²) in [4.78, 5) is 11.4. The number of hydrogen-bond donors (Lipinski definition) is 3. The van der Waals surface area contributed by atoms with Gasteiger partial charge in [0.25, 0.3) is 12.3 Å². The van der Waals surface area contributed by atoms with Gasteiger partial charge in [-0.1, -0.05) is 6.07 Å². The van der Waals surface area contributed by atoms with Crippen LogP contribution in [0, 0.1) is 0 Å². The monoisotopic (exact) mass is 230 g/mol. The fourth-order valence-electron chi connectivity index (χ4n) is 1.07. The van der Waals surface area contributed by atoms with E-state index in [0.29, 0.717) is 5.69 Å². The van der Waals surface area contributed by atoms with Crippen molar-refractivity contribution in [3.63, 3.8) is 0 Å². The molecule has 0 fully saturated rings. The smallest absolute Gasteiger partial charge is 0.265 e. The summed E-state index contributed by atoms with van der Waals surface area (Å²) in [5.74, 6) is -0.549. The second-order valence-corrected chi connectivity index (χ2v) is 3.24. The molecule has 0 aromatic heterocycles. The van der Waals surface area contributed by atoms with E-state index in [9.17, 15) is 13.6 Å². The van der Waals surface area contributed by atoms with Crippen molar-refractivity contribution < 1.29 is 18.7 Å². The summed E-state index contributed by atoms with van der Waals surface area (Å²) in [5.41, 5.74) is 6.12. The van der Waals surface area contributed by atoms with Crippen molar-refractivity contribution in [3.8, 4) is 0 Å². The molecule has 1 rings (SSSR count). The fourth-order valence-corrected chi connectivity index (χ4v) is 1.07. The van der Waals surface area contributed by atoms with Gasteiger partial charge in [-0.15, -0.1) is 0 Å². The average molecular weight is 230 g/mol. The fraction of sp³-hybridized carbons (Fsp3) is 0.300. The average Bonchev–Trinajstić information content (AvgIpc) is 2.25. The van der Waals surface area contributed by atoms with Crippen molar-refractivity contribution in [1.29, 1.82) is 0 Å². The first-order chi connectivity index (χ1) is 7.50. The van der Waals surface area contributed by atoms with Crippen molar-refractivity contribution in [3.05, 3.63) is 29.8 Å². The lowest BCUT2D eigenvalue weighted by atomic mass is 10.2. The first-order valence-corrected chi connectivity index (χ1v) is 4.60. The summed E-state index contributed by atoms with van der Waals surface area (Å²) in [6.45, 7) is -0.495. The minimum Gasteiger partial charge on any atom is -0.399 e. The molecule has 1 amide bonds. The van der Waals surface area contributed by atoms with E-state index >= 15 is 0 Å². The zero-order valence-electron chi connectivity index (χ0n) is 8.36. The molecular weight excluding hydrogens is 218 g/mol. The van der Waals surface area contributed by atoms with Gasteiger partial charge in [-0.2, -0.15) is 0 Å². The molecule has 0 spiro atoms. The lowest BCUT2D eigenvalue weighted by Crippen LogP contribution is -2.35. The Hall–Kier alpha value is -1.69. The molecule has 1 aromatic rings. The zero-order valence-corrected chi connectivity index (χ0v) is 8.36. The van der Waals surface area contributed by atoms with Gasteiger partial charge in [0.2, 0.25) is 0 Å². The van der Waals surface area contributed by atoms with Crippen LogP contribution in [0.15, 0.2) is 24.3 Å². The van der Waals surface area contributed by atoms with Crippen LogP contribution in [0.5, 0.6) is 0 Å². The van der Waals surface area contributed by atoms with Gasteiger partial charge in [0.05, 0.1) is 0 Å². The predicted molar refractivity (Wildman–Crippen MR) is 55.2 cm³/mol. The molecule has 0 saturated carbocycles. The van der Waals surface area contributed by atoms with Crippen molar-refractivity contribution in [2.75, 3.05) is 12.3 Å². The van der Waals surface area contributed by atoms with Crippen LogP contribution >= 0.6 is 0 Å². The number of anilines is 1. The number of rotatable bonds is 4. The minimum absolute atomic E-state index is 0.265. The van der Waals surface area contributed by atoms with Gasteiger partial charge >= 0.3 is 0 Å². The SMILES string of the molecule is Nc1cccc(C(=O)NCC(O)C(F)F)c1. The highest BCUT2D eigenvalue weighted by Gasteiger charge is 2.17. The first kappa shape index (κ1) is 12.4. The second kappa shape index (κ2) is 5.41. The standard InChI is InChI=1S/C10H12F2N2O2/c11-9(12)8(15)5-14-10(16)6-2-1-3-7(13)4-6/h1-4,8-9,15H,5,13H2,(H,14,16). The van der Waals surface area contributed by atoms with E-state index in [-0.39, 0.29) is 5.56 Å². The van der Waals surface area contributed by atoms with E-state index in [4.69, 9.17) is 10.8 Å². The van der Waals surface area contributed by atoms with Crippen molar-refractivity contribution in [2.24, 2.45) is 0 Å². The maximum absolute atomic E-state index is 11.9. The van der Waals surface area contributed by atoms with Gasteiger partial charge in [-0.3, -0.25) is 4.79 Å². The largest absolute Gasteiger partial charge is 0.399 e. The molecule has 0 aliphatic rings. The Bertz CT molecular complexity index is 372. The Kier molecular flexibility index (Phi) is 4.19. The van der Waals surface area contributed by atoms with Crippen LogP contribution in [-0.4, -0.2) is 30.1 Å². The summed E-state index contributed by atoms with van der Waals surface area (Å²) in [6, 6.07) is 6.10. The molecule has 16 heavy (non-hydrogen) atoms. The number of halogens is 2. The molecule has 1 atom stereocenters. The quantitative estimate of drug-likeness (QED) is 0.664. The third kappa shape index (κ3) is 3.47. The topological polar surface area (TPSA) is 75.4 Å². The van der Waals surface area contributed by atoms with Gasteiger partial charge in [0, 0.05) is 17.8 Å². The predicted octanol–water partition coefficient (Wildman–Crippen LogP) is 0.625.